The Kier molecular flexibility index (Phi) is 4.61. The zero-order valence-electron chi connectivity index (χ0n) is 10.8. The standard InChI is InChI=1S/C15H16F2O/c1-15(2,3)9-5-6-11(18)10-12-13(16)7-4-8-14(12)17/h4,7-8H,6,10H2,1-3H3. The monoisotopic (exact) mass is 250 g/mol. The van der Waals surface area contributed by atoms with E-state index in [-0.39, 0.29) is 29.6 Å². The number of halogens is 2. The van der Waals surface area contributed by atoms with Gasteiger partial charge in [-0.25, -0.2) is 8.78 Å². The fourth-order valence-electron chi connectivity index (χ4n) is 1.37. The average Bonchev–Trinajstić information content (AvgIpc) is 2.22. The van der Waals surface area contributed by atoms with E-state index >= 15 is 0 Å². The van der Waals surface area contributed by atoms with Gasteiger partial charge in [0.25, 0.3) is 0 Å². The van der Waals surface area contributed by atoms with Gasteiger partial charge >= 0.3 is 0 Å². The van der Waals surface area contributed by atoms with Crippen LogP contribution >= 0.6 is 0 Å². The molecule has 0 unspecified atom stereocenters. The Morgan fingerprint density at radius 2 is 1.78 bits per heavy atom. The van der Waals surface area contributed by atoms with Gasteiger partial charge in [0.1, 0.15) is 17.4 Å². The van der Waals surface area contributed by atoms with Gasteiger partial charge in [-0.3, -0.25) is 4.79 Å². The molecule has 1 rings (SSSR count). The van der Waals surface area contributed by atoms with Gasteiger partial charge in [0, 0.05) is 17.4 Å². The van der Waals surface area contributed by atoms with Crippen LogP contribution in [0.4, 0.5) is 8.78 Å². The summed E-state index contributed by atoms with van der Waals surface area (Å²) in [6.45, 7) is 5.79. The highest BCUT2D eigenvalue weighted by molar-refractivity contribution is 5.83. The van der Waals surface area contributed by atoms with Crippen LogP contribution in [-0.2, 0) is 11.2 Å². The Bertz CT molecular complexity index is 481. The number of rotatable bonds is 3. The second-order valence-electron chi connectivity index (χ2n) is 5.14. The summed E-state index contributed by atoms with van der Waals surface area (Å²) in [5, 5.41) is 0. The molecule has 18 heavy (non-hydrogen) atoms. The molecule has 3 heteroatoms. The molecule has 0 spiro atoms. The first-order valence-electron chi connectivity index (χ1n) is 5.74. The van der Waals surface area contributed by atoms with Crippen LogP contribution in [0.3, 0.4) is 0 Å². The molecule has 0 heterocycles. The van der Waals surface area contributed by atoms with E-state index in [1.807, 2.05) is 20.8 Å². The maximum atomic E-state index is 13.3. The van der Waals surface area contributed by atoms with E-state index in [1.54, 1.807) is 0 Å². The highest BCUT2D eigenvalue weighted by atomic mass is 19.1. The molecule has 0 aliphatic carbocycles. The molecule has 0 bridgehead atoms. The third-order valence-electron chi connectivity index (χ3n) is 2.18. The Hall–Kier alpha value is -1.69. The van der Waals surface area contributed by atoms with Gasteiger partial charge < -0.3 is 0 Å². The molecule has 0 aromatic heterocycles. The minimum atomic E-state index is -0.688. The van der Waals surface area contributed by atoms with Gasteiger partial charge in [-0.05, 0) is 32.9 Å². The van der Waals surface area contributed by atoms with Gasteiger partial charge in [-0.2, -0.15) is 0 Å². The molecule has 1 nitrogen and oxygen atoms in total. The highest BCUT2D eigenvalue weighted by Crippen LogP contribution is 2.14. The number of carbonyl (C=O) groups excluding carboxylic acids is 1. The van der Waals surface area contributed by atoms with Crippen LogP contribution in [0.1, 0.15) is 32.8 Å². The van der Waals surface area contributed by atoms with Crippen molar-refractivity contribution in [3.05, 3.63) is 35.4 Å². The van der Waals surface area contributed by atoms with Crippen LogP contribution in [-0.4, -0.2) is 5.78 Å². The van der Waals surface area contributed by atoms with Crippen molar-refractivity contribution in [1.82, 2.24) is 0 Å². The Morgan fingerprint density at radius 3 is 2.28 bits per heavy atom. The van der Waals surface area contributed by atoms with Crippen molar-refractivity contribution in [2.75, 3.05) is 0 Å². The van der Waals surface area contributed by atoms with Gasteiger partial charge in [-0.1, -0.05) is 17.9 Å². The number of hydrogen-bond donors (Lipinski definition) is 0. The van der Waals surface area contributed by atoms with E-state index in [1.165, 1.54) is 6.07 Å². The second-order valence-corrected chi connectivity index (χ2v) is 5.14. The topological polar surface area (TPSA) is 17.1 Å². The van der Waals surface area contributed by atoms with Crippen molar-refractivity contribution >= 4 is 5.78 Å². The van der Waals surface area contributed by atoms with E-state index in [4.69, 9.17) is 0 Å². The molecule has 1 aromatic rings. The summed E-state index contributed by atoms with van der Waals surface area (Å²) in [6.07, 6.45) is -0.234. The SMILES string of the molecule is CC(C)(C)C#CCC(=O)Cc1c(F)cccc1F. The lowest BCUT2D eigenvalue weighted by molar-refractivity contribution is -0.117. The maximum Gasteiger partial charge on any atom is 0.149 e. The first kappa shape index (κ1) is 14.4. The van der Waals surface area contributed by atoms with Crippen molar-refractivity contribution in [2.45, 2.75) is 33.6 Å². The lowest BCUT2D eigenvalue weighted by atomic mass is 9.97. The van der Waals surface area contributed by atoms with Crippen molar-refractivity contribution in [1.29, 1.82) is 0 Å². The lowest BCUT2D eigenvalue weighted by Crippen LogP contribution is -2.06. The molecule has 96 valence electrons. The summed E-state index contributed by atoms with van der Waals surface area (Å²) in [6, 6.07) is 3.57. The average molecular weight is 250 g/mol. The van der Waals surface area contributed by atoms with Crippen LogP contribution in [0, 0.1) is 28.9 Å². The van der Waals surface area contributed by atoms with Crippen LogP contribution in [0.5, 0.6) is 0 Å². The van der Waals surface area contributed by atoms with Crippen LogP contribution in [0.15, 0.2) is 18.2 Å². The Morgan fingerprint density at radius 1 is 1.22 bits per heavy atom. The fraction of sp³-hybridized carbons (Fsp3) is 0.400. The molecule has 0 atom stereocenters. The molecular weight excluding hydrogens is 234 g/mol. The summed E-state index contributed by atoms with van der Waals surface area (Å²) in [4.78, 5) is 11.6. The number of hydrogen-bond acceptors (Lipinski definition) is 1. The van der Waals surface area contributed by atoms with Gasteiger partial charge in [0.05, 0.1) is 6.42 Å². The lowest BCUT2D eigenvalue weighted by Gasteiger charge is -2.06. The normalized spacial score (nSPS) is 10.7. The predicted molar refractivity (Wildman–Crippen MR) is 66.9 cm³/mol. The zero-order valence-corrected chi connectivity index (χ0v) is 10.8. The Balaban J connectivity index is 2.68. The first-order chi connectivity index (χ1) is 8.29. The molecule has 0 saturated heterocycles. The van der Waals surface area contributed by atoms with Crippen molar-refractivity contribution in [3.63, 3.8) is 0 Å². The van der Waals surface area contributed by atoms with E-state index < -0.39 is 11.6 Å². The molecule has 0 N–H and O–H groups in total. The van der Waals surface area contributed by atoms with E-state index in [0.717, 1.165) is 12.1 Å². The summed E-state index contributed by atoms with van der Waals surface area (Å²) in [7, 11) is 0. The van der Waals surface area contributed by atoms with Crippen molar-refractivity contribution in [2.24, 2.45) is 5.41 Å². The first-order valence-corrected chi connectivity index (χ1v) is 5.74. The summed E-state index contributed by atoms with van der Waals surface area (Å²) in [5.74, 6) is 3.99. The van der Waals surface area contributed by atoms with Crippen LogP contribution in [0.2, 0.25) is 0 Å². The molecule has 0 saturated carbocycles. The molecule has 0 amide bonds. The highest BCUT2D eigenvalue weighted by Gasteiger charge is 2.12. The molecule has 0 radical (unpaired) electrons. The predicted octanol–water partition coefficient (Wildman–Crippen LogP) is 3.52. The summed E-state index contributed by atoms with van der Waals surface area (Å²) >= 11 is 0. The summed E-state index contributed by atoms with van der Waals surface area (Å²) in [5.41, 5.74) is -0.358. The Labute approximate surface area is 106 Å². The number of benzene rings is 1. The number of ketones is 1. The maximum absolute atomic E-state index is 13.3. The smallest absolute Gasteiger partial charge is 0.149 e. The third-order valence-corrected chi connectivity index (χ3v) is 2.18. The molecule has 0 aliphatic rings. The quantitative estimate of drug-likeness (QED) is 0.750. The number of carbonyl (C=O) groups is 1. The molecule has 1 aromatic carbocycles. The zero-order chi connectivity index (χ0) is 13.8. The van der Waals surface area contributed by atoms with Gasteiger partial charge in [-0.15, -0.1) is 0 Å². The van der Waals surface area contributed by atoms with Gasteiger partial charge in [0.2, 0.25) is 0 Å². The van der Waals surface area contributed by atoms with Crippen LogP contribution in [0.25, 0.3) is 0 Å². The van der Waals surface area contributed by atoms with E-state index in [0.29, 0.717) is 0 Å². The molecule has 0 aliphatic heterocycles. The van der Waals surface area contributed by atoms with Gasteiger partial charge in [0.15, 0.2) is 0 Å². The van der Waals surface area contributed by atoms with Crippen molar-refractivity contribution in [3.8, 4) is 11.8 Å². The second kappa shape index (κ2) is 5.77. The molecular formula is C15H16F2O. The number of Topliss-reactive ketones (excluding diaryl/α,β-unsaturated/α-hetero) is 1. The largest absolute Gasteiger partial charge is 0.298 e. The minimum Gasteiger partial charge on any atom is -0.298 e. The summed E-state index contributed by atoms with van der Waals surface area (Å²) < 4.78 is 26.6. The van der Waals surface area contributed by atoms with E-state index in [9.17, 15) is 13.6 Å². The van der Waals surface area contributed by atoms with E-state index in [2.05, 4.69) is 11.8 Å². The molecule has 0 fully saturated rings. The van der Waals surface area contributed by atoms with Crippen molar-refractivity contribution < 1.29 is 13.6 Å². The third kappa shape index (κ3) is 4.67. The van der Waals surface area contributed by atoms with Crippen LogP contribution < -0.4 is 0 Å². The minimum absolute atomic E-state index is 0.0189. The fourth-order valence-corrected chi connectivity index (χ4v) is 1.37.